The number of amides is 1. The molecule has 0 radical (unpaired) electrons. The number of hydrogen-bond acceptors (Lipinski definition) is 4. The molecule has 1 unspecified atom stereocenters. The van der Waals surface area contributed by atoms with Crippen LogP contribution in [0.15, 0.2) is 24.3 Å². The van der Waals surface area contributed by atoms with Crippen molar-refractivity contribution >= 4 is 5.91 Å². The predicted molar refractivity (Wildman–Crippen MR) is 93.5 cm³/mol. The van der Waals surface area contributed by atoms with Gasteiger partial charge in [-0.25, -0.2) is 0 Å². The van der Waals surface area contributed by atoms with Crippen LogP contribution in [0.5, 0.6) is 11.5 Å². The molecule has 5 heteroatoms. The molecule has 1 amide bonds. The lowest BCUT2D eigenvalue weighted by Gasteiger charge is -2.37. The van der Waals surface area contributed by atoms with Crippen molar-refractivity contribution < 1.29 is 14.3 Å². The second-order valence-corrected chi connectivity index (χ2v) is 6.52. The Hall–Kier alpha value is -1.75. The van der Waals surface area contributed by atoms with Gasteiger partial charge >= 0.3 is 0 Å². The van der Waals surface area contributed by atoms with E-state index in [0.29, 0.717) is 25.2 Å². The molecule has 0 N–H and O–H groups in total. The number of piperidine rings is 1. The SMILES string of the molecule is CCOc1ccccc1OCCN1CCCC(N2CCCC2=O)C1. The second-order valence-electron chi connectivity index (χ2n) is 6.52. The van der Waals surface area contributed by atoms with E-state index >= 15 is 0 Å². The minimum absolute atomic E-state index is 0.337. The Kier molecular flexibility index (Phi) is 5.96. The quantitative estimate of drug-likeness (QED) is 0.769. The summed E-state index contributed by atoms with van der Waals surface area (Å²) < 4.78 is 11.5. The van der Waals surface area contributed by atoms with Crippen molar-refractivity contribution in [3.05, 3.63) is 24.3 Å². The molecule has 0 bridgehead atoms. The summed E-state index contributed by atoms with van der Waals surface area (Å²) in [4.78, 5) is 16.5. The maximum atomic E-state index is 11.9. The van der Waals surface area contributed by atoms with E-state index in [2.05, 4.69) is 9.80 Å². The van der Waals surface area contributed by atoms with Gasteiger partial charge in [0.1, 0.15) is 6.61 Å². The molecule has 2 aliphatic heterocycles. The van der Waals surface area contributed by atoms with E-state index in [1.165, 1.54) is 0 Å². The van der Waals surface area contributed by atoms with E-state index < -0.39 is 0 Å². The number of likely N-dealkylation sites (tertiary alicyclic amines) is 2. The van der Waals surface area contributed by atoms with Crippen LogP contribution in [-0.4, -0.2) is 61.1 Å². The number of carbonyl (C=O) groups excluding carboxylic acids is 1. The topological polar surface area (TPSA) is 42.0 Å². The first-order chi connectivity index (χ1) is 11.8. The zero-order valence-electron chi connectivity index (χ0n) is 14.6. The fourth-order valence-corrected chi connectivity index (χ4v) is 3.67. The molecule has 2 saturated heterocycles. The van der Waals surface area contributed by atoms with E-state index in [4.69, 9.17) is 9.47 Å². The molecule has 1 aromatic carbocycles. The van der Waals surface area contributed by atoms with Gasteiger partial charge in [0.15, 0.2) is 11.5 Å². The minimum Gasteiger partial charge on any atom is -0.490 e. The Balaban J connectivity index is 1.47. The van der Waals surface area contributed by atoms with Crippen LogP contribution in [0.2, 0.25) is 0 Å². The highest BCUT2D eigenvalue weighted by atomic mass is 16.5. The van der Waals surface area contributed by atoms with Crippen LogP contribution in [-0.2, 0) is 4.79 Å². The van der Waals surface area contributed by atoms with E-state index in [0.717, 1.165) is 63.4 Å². The molecule has 2 fully saturated rings. The first kappa shape index (κ1) is 17.1. The zero-order chi connectivity index (χ0) is 16.8. The average Bonchev–Trinajstić information content (AvgIpc) is 3.03. The first-order valence-electron chi connectivity index (χ1n) is 9.14. The van der Waals surface area contributed by atoms with Gasteiger partial charge in [-0.1, -0.05) is 12.1 Å². The molecular formula is C19H28N2O3. The lowest BCUT2D eigenvalue weighted by atomic mass is 10.0. The summed E-state index contributed by atoms with van der Waals surface area (Å²) in [5.74, 6) is 1.95. The van der Waals surface area contributed by atoms with E-state index in [-0.39, 0.29) is 0 Å². The Labute approximate surface area is 144 Å². The van der Waals surface area contributed by atoms with Crippen molar-refractivity contribution in [1.82, 2.24) is 9.80 Å². The minimum atomic E-state index is 0.337. The molecule has 1 aromatic rings. The average molecular weight is 332 g/mol. The summed E-state index contributed by atoms with van der Waals surface area (Å²) in [6.45, 7) is 7.15. The van der Waals surface area contributed by atoms with Gasteiger partial charge in [-0.15, -0.1) is 0 Å². The fourth-order valence-electron chi connectivity index (χ4n) is 3.67. The number of hydrogen-bond donors (Lipinski definition) is 0. The molecule has 132 valence electrons. The predicted octanol–water partition coefficient (Wildman–Crippen LogP) is 2.55. The summed E-state index contributed by atoms with van der Waals surface area (Å²) in [5, 5.41) is 0. The number of para-hydroxylation sites is 2. The standard InChI is InChI=1S/C19H28N2O3/c1-2-23-17-8-3-4-9-18(17)24-14-13-20-11-5-7-16(15-20)21-12-6-10-19(21)22/h3-4,8-9,16H,2,5-7,10-15H2,1H3. The van der Waals surface area contributed by atoms with Crippen LogP contribution >= 0.6 is 0 Å². The van der Waals surface area contributed by atoms with Crippen molar-refractivity contribution in [3.8, 4) is 11.5 Å². The maximum absolute atomic E-state index is 11.9. The van der Waals surface area contributed by atoms with Crippen LogP contribution in [0.3, 0.4) is 0 Å². The van der Waals surface area contributed by atoms with Gasteiger partial charge in [-0.2, -0.15) is 0 Å². The molecule has 1 atom stereocenters. The van der Waals surface area contributed by atoms with E-state index in [1.54, 1.807) is 0 Å². The third kappa shape index (κ3) is 4.20. The van der Waals surface area contributed by atoms with Crippen molar-refractivity contribution in [1.29, 1.82) is 0 Å². The summed E-state index contributed by atoms with van der Waals surface area (Å²) in [6, 6.07) is 8.21. The van der Waals surface area contributed by atoms with Gasteiger partial charge in [-0.05, 0) is 44.9 Å². The first-order valence-corrected chi connectivity index (χ1v) is 9.14. The summed E-state index contributed by atoms with van der Waals surface area (Å²) in [5.41, 5.74) is 0. The van der Waals surface area contributed by atoms with Crippen LogP contribution in [0, 0.1) is 0 Å². The highest BCUT2D eigenvalue weighted by molar-refractivity contribution is 5.78. The molecule has 5 nitrogen and oxygen atoms in total. The van der Waals surface area contributed by atoms with Gasteiger partial charge in [0.05, 0.1) is 6.61 Å². The van der Waals surface area contributed by atoms with Gasteiger partial charge in [0.2, 0.25) is 5.91 Å². The van der Waals surface area contributed by atoms with Gasteiger partial charge in [0, 0.05) is 32.1 Å². The molecule has 2 aliphatic rings. The molecular weight excluding hydrogens is 304 g/mol. The Bertz CT molecular complexity index is 549. The van der Waals surface area contributed by atoms with Gasteiger partial charge < -0.3 is 14.4 Å². The zero-order valence-corrected chi connectivity index (χ0v) is 14.6. The van der Waals surface area contributed by atoms with E-state index in [1.807, 2.05) is 31.2 Å². The highest BCUT2D eigenvalue weighted by Gasteiger charge is 2.31. The fraction of sp³-hybridized carbons (Fsp3) is 0.632. The lowest BCUT2D eigenvalue weighted by molar-refractivity contribution is -0.130. The Morgan fingerprint density at radius 3 is 2.62 bits per heavy atom. The number of carbonyl (C=O) groups is 1. The monoisotopic (exact) mass is 332 g/mol. The molecule has 2 heterocycles. The largest absolute Gasteiger partial charge is 0.490 e. The van der Waals surface area contributed by atoms with Crippen molar-refractivity contribution in [2.75, 3.05) is 39.4 Å². The Morgan fingerprint density at radius 1 is 1.12 bits per heavy atom. The second kappa shape index (κ2) is 8.38. The lowest BCUT2D eigenvalue weighted by Crippen LogP contribution is -2.49. The third-order valence-corrected chi connectivity index (χ3v) is 4.85. The number of rotatable bonds is 7. The smallest absolute Gasteiger partial charge is 0.222 e. The third-order valence-electron chi connectivity index (χ3n) is 4.85. The summed E-state index contributed by atoms with van der Waals surface area (Å²) in [6.07, 6.45) is 4.04. The van der Waals surface area contributed by atoms with Crippen LogP contribution in [0.25, 0.3) is 0 Å². The molecule has 0 aromatic heterocycles. The molecule has 0 aliphatic carbocycles. The number of nitrogens with zero attached hydrogens (tertiary/aromatic N) is 2. The Morgan fingerprint density at radius 2 is 1.92 bits per heavy atom. The molecule has 0 saturated carbocycles. The number of benzene rings is 1. The molecule has 3 rings (SSSR count). The van der Waals surface area contributed by atoms with Crippen LogP contribution < -0.4 is 9.47 Å². The number of ether oxygens (including phenoxy) is 2. The summed E-state index contributed by atoms with van der Waals surface area (Å²) in [7, 11) is 0. The van der Waals surface area contributed by atoms with Crippen molar-refractivity contribution in [2.24, 2.45) is 0 Å². The van der Waals surface area contributed by atoms with Gasteiger partial charge in [0.25, 0.3) is 0 Å². The van der Waals surface area contributed by atoms with Crippen LogP contribution in [0.1, 0.15) is 32.6 Å². The molecule has 24 heavy (non-hydrogen) atoms. The normalized spacial score (nSPS) is 22.0. The molecule has 0 spiro atoms. The maximum Gasteiger partial charge on any atom is 0.222 e. The summed E-state index contributed by atoms with van der Waals surface area (Å²) >= 11 is 0. The van der Waals surface area contributed by atoms with Gasteiger partial charge in [-0.3, -0.25) is 9.69 Å². The van der Waals surface area contributed by atoms with E-state index in [9.17, 15) is 4.79 Å². The highest BCUT2D eigenvalue weighted by Crippen LogP contribution is 2.26. The van der Waals surface area contributed by atoms with Crippen LogP contribution in [0.4, 0.5) is 0 Å². The van der Waals surface area contributed by atoms with Crippen molar-refractivity contribution in [2.45, 2.75) is 38.6 Å². The van der Waals surface area contributed by atoms with Crippen molar-refractivity contribution in [3.63, 3.8) is 0 Å².